The largest absolute Gasteiger partial charge is 1.00 e. The van der Waals surface area contributed by atoms with Gasteiger partial charge in [-0.25, -0.2) is 0 Å². The molecule has 0 aromatic heterocycles. The van der Waals surface area contributed by atoms with Crippen LogP contribution in [0.4, 0.5) is 0 Å². The van der Waals surface area contributed by atoms with Crippen molar-refractivity contribution in [2.24, 2.45) is 0 Å². The molecule has 1 aromatic rings. The van der Waals surface area contributed by atoms with Crippen LogP contribution >= 0.6 is 23.2 Å². The van der Waals surface area contributed by atoms with E-state index in [9.17, 15) is 8.76 Å². The van der Waals surface area contributed by atoms with Crippen molar-refractivity contribution in [3.8, 4) is 0 Å². The molecule has 6 heteroatoms. The zero-order chi connectivity index (χ0) is 9.14. The Balaban J connectivity index is 0.00000144. The van der Waals surface area contributed by atoms with Crippen LogP contribution in [-0.4, -0.2) is 8.76 Å². The second-order valence-electron chi connectivity index (χ2n) is 2.18. The third-order valence-electron chi connectivity index (χ3n) is 1.29. The first-order valence-electron chi connectivity index (χ1n) is 3.09. The van der Waals surface area contributed by atoms with Crippen LogP contribution in [0.3, 0.4) is 0 Å². The molecule has 0 spiro atoms. The Kier molecular flexibility index (Phi) is 6.85. The zero-order valence-electron chi connectivity index (χ0n) is 6.92. The Morgan fingerprint density at radius 1 is 1.38 bits per heavy atom. The van der Waals surface area contributed by atoms with Gasteiger partial charge in [0.2, 0.25) is 0 Å². The molecule has 0 amide bonds. The summed E-state index contributed by atoms with van der Waals surface area (Å²) in [4.78, 5) is 0. The summed E-state index contributed by atoms with van der Waals surface area (Å²) in [5.41, 5.74) is 0.564. The summed E-state index contributed by atoms with van der Waals surface area (Å²) in [6.45, 7) is 0. The van der Waals surface area contributed by atoms with Crippen molar-refractivity contribution >= 4 is 34.3 Å². The SMILES string of the molecule is O=S([O-])Cc1ccc(Cl)cc1Cl.[Na+]. The molecule has 2 nitrogen and oxygen atoms in total. The topological polar surface area (TPSA) is 40.1 Å². The molecule has 0 aliphatic heterocycles. The molecule has 0 saturated carbocycles. The maximum absolute atomic E-state index is 10.3. The fraction of sp³-hybridized carbons (Fsp3) is 0.143. The molecular formula is C7H5Cl2NaO2S. The van der Waals surface area contributed by atoms with Crippen LogP contribution in [0, 0.1) is 0 Å². The minimum absolute atomic E-state index is 0. The van der Waals surface area contributed by atoms with Gasteiger partial charge in [-0.15, -0.1) is 0 Å². The zero-order valence-corrected chi connectivity index (χ0v) is 11.2. The molecule has 0 heterocycles. The summed E-state index contributed by atoms with van der Waals surface area (Å²) in [5, 5.41) is 0.882. The summed E-state index contributed by atoms with van der Waals surface area (Å²) in [6, 6.07) is 4.72. The van der Waals surface area contributed by atoms with E-state index in [0.29, 0.717) is 15.6 Å². The van der Waals surface area contributed by atoms with E-state index in [4.69, 9.17) is 23.2 Å². The van der Waals surface area contributed by atoms with E-state index in [1.165, 1.54) is 6.07 Å². The average molecular weight is 247 g/mol. The van der Waals surface area contributed by atoms with Crippen LogP contribution in [0.25, 0.3) is 0 Å². The number of rotatable bonds is 2. The molecule has 0 radical (unpaired) electrons. The van der Waals surface area contributed by atoms with Gasteiger partial charge in [0, 0.05) is 15.8 Å². The number of halogens is 2. The van der Waals surface area contributed by atoms with Crippen LogP contribution in [-0.2, 0) is 16.8 Å². The van der Waals surface area contributed by atoms with E-state index in [0.717, 1.165) is 0 Å². The summed E-state index contributed by atoms with van der Waals surface area (Å²) < 4.78 is 20.6. The molecule has 0 bridgehead atoms. The predicted molar refractivity (Wildman–Crippen MR) is 49.1 cm³/mol. The third kappa shape index (κ3) is 4.79. The smallest absolute Gasteiger partial charge is 0.772 e. The van der Waals surface area contributed by atoms with E-state index in [-0.39, 0.29) is 35.3 Å². The average Bonchev–Trinajstić information content (AvgIpc) is 1.94. The minimum atomic E-state index is -2.11. The van der Waals surface area contributed by atoms with E-state index in [2.05, 4.69) is 0 Å². The summed E-state index contributed by atoms with van der Waals surface area (Å²) >= 11 is 9.22. The molecule has 13 heavy (non-hydrogen) atoms. The fourth-order valence-electron chi connectivity index (χ4n) is 0.766. The third-order valence-corrected chi connectivity index (χ3v) is 2.42. The van der Waals surface area contributed by atoms with Crippen LogP contribution in [0.1, 0.15) is 5.56 Å². The number of benzene rings is 1. The molecule has 0 fully saturated rings. The van der Waals surface area contributed by atoms with Gasteiger partial charge < -0.3 is 4.55 Å². The van der Waals surface area contributed by atoms with Gasteiger partial charge in [0.05, 0.1) is 0 Å². The van der Waals surface area contributed by atoms with E-state index in [1.807, 2.05) is 0 Å². The molecule has 66 valence electrons. The van der Waals surface area contributed by atoms with Crippen molar-refractivity contribution in [1.29, 1.82) is 0 Å². The molecular weight excluding hydrogens is 242 g/mol. The van der Waals surface area contributed by atoms with E-state index >= 15 is 0 Å². The second-order valence-corrected chi connectivity index (χ2v) is 3.92. The van der Waals surface area contributed by atoms with Gasteiger partial charge in [0.25, 0.3) is 0 Å². The summed E-state index contributed by atoms with van der Waals surface area (Å²) in [6.07, 6.45) is 0. The normalized spacial score (nSPS) is 11.9. The standard InChI is InChI=1S/C7H6Cl2O2S.Na/c8-6-2-1-5(4-12(10)11)7(9)3-6;/h1-3H,4H2,(H,10,11);/q;+1/p-1. The fourth-order valence-corrected chi connectivity index (χ4v) is 1.83. The molecule has 1 atom stereocenters. The Labute approximate surface area is 111 Å². The Morgan fingerprint density at radius 2 is 2.00 bits per heavy atom. The van der Waals surface area contributed by atoms with Gasteiger partial charge in [0.15, 0.2) is 0 Å². The first kappa shape index (κ1) is 13.9. The Bertz CT molecular complexity index is 319. The van der Waals surface area contributed by atoms with E-state index < -0.39 is 11.1 Å². The van der Waals surface area contributed by atoms with Gasteiger partial charge in [-0.2, -0.15) is 0 Å². The molecule has 1 unspecified atom stereocenters. The summed E-state index contributed by atoms with van der Waals surface area (Å²) in [7, 11) is 0. The monoisotopic (exact) mass is 246 g/mol. The molecule has 0 aliphatic carbocycles. The summed E-state index contributed by atoms with van der Waals surface area (Å²) in [5.74, 6) is -0.0734. The van der Waals surface area contributed by atoms with Crippen molar-refractivity contribution < 1.29 is 38.3 Å². The first-order chi connectivity index (χ1) is 5.59. The van der Waals surface area contributed by atoms with Crippen molar-refractivity contribution in [2.45, 2.75) is 5.75 Å². The molecule has 1 aromatic carbocycles. The van der Waals surface area contributed by atoms with Gasteiger partial charge in [-0.05, 0) is 17.7 Å². The van der Waals surface area contributed by atoms with E-state index in [1.54, 1.807) is 12.1 Å². The van der Waals surface area contributed by atoms with Gasteiger partial charge in [0.1, 0.15) is 0 Å². The van der Waals surface area contributed by atoms with Crippen LogP contribution in [0.15, 0.2) is 18.2 Å². The van der Waals surface area contributed by atoms with Crippen LogP contribution in [0.5, 0.6) is 0 Å². The van der Waals surface area contributed by atoms with Crippen molar-refractivity contribution in [3.63, 3.8) is 0 Å². The molecule has 1 rings (SSSR count). The van der Waals surface area contributed by atoms with Crippen molar-refractivity contribution in [1.82, 2.24) is 0 Å². The van der Waals surface area contributed by atoms with Gasteiger partial charge in [-0.1, -0.05) is 40.3 Å². The van der Waals surface area contributed by atoms with Gasteiger partial charge in [-0.3, -0.25) is 4.21 Å². The first-order valence-corrected chi connectivity index (χ1v) is 5.09. The van der Waals surface area contributed by atoms with Crippen LogP contribution in [0.2, 0.25) is 10.0 Å². The number of hydrogen-bond donors (Lipinski definition) is 0. The number of hydrogen-bond acceptors (Lipinski definition) is 2. The van der Waals surface area contributed by atoms with Crippen molar-refractivity contribution in [3.05, 3.63) is 33.8 Å². The molecule has 0 aliphatic rings. The molecule has 0 N–H and O–H groups in total. The van der Waals surface area contributed by atoms with Crippen molar-refractivity contribution in [2.75, 3.05) is 0 Å². The van der Waals surface area contributed by atoms with Gasteiger partial charge >= 0.3 is 29.6 Å². The quantitative estimate of drug-likeness (QED) is 0.516. The maximum Gasteiger partial charge on any atom is 1.00 e. The second kappa shape index (κ2) is 6.40. The molecule has 0 saturated heterocycles. The minimum Gasteiger partial charge on any atom is -0.772 e. The Morgan fingerprint density at radius 3 is 2.46 bits per heavy atom. The predicted octanol–water partition coefficient (Wildman–Crippen LogP) is -0.623. The maximum atomic E-state index is 10.3. The Hall–Kier alpha value is 0.910. The van der Waals surface area contributed by atoms with Crippen LogP contribution < -0.4 is 29.6 Å².